The zero-order chi connectivity index (χ0) is 26.5. The quantitative estimate of drug-likeness (QED) is 0.352. The van der Waals surface area contributed by atoms with Crippen LogP contribution in [0.3, 0.4) is 0 Å². The highest BCUT2D eigenvalue weighted by Gasteiger charge is 2.43. The molecule has 0 aliphatic carbocycles. The van der Waals surface area contributed by atoms with Gasteiger partial charge in [0.2, 0.25) is 0 Å². The van der Waals surface area contributed by atoms with E-state index in [0.29, 0.717) is 19.6 Å². The zero-order valence-corrected chi connectivity index (χ0v) is 20.5. The summed E-state index contributed by atoms with van der Waals surface area (Å²) in [6.45, 7) is 3.92. The van der Waals surface area contributed by atoms with Crippen molar-refractivity contribution in [2.24, 2.45) is 5.73 Å². The van der Waals surface area contributed by atoms with Crippen LogP contribution in [-0.2, 0) is 20.9 Å². The number of nitrogens with zero attached hydrogens (tertiary/aromatic N) is 4. The molecule has 0 unspecified atom stereocenters. The predicted molar refractivity (Wildman–Crippen MR) is 130 cm³/mol. The smallest absolute Gasteiger partial charge is 0.414 e. The molecule has 1 saturated heterocycles. The summed E-state index contributed by atoms with van der Waals surface area (Å²) in [5.74, 6) is -3.80. The first kappa shape index (κ1) is 27.2. The van der Waals surface area contributed by atoms with Crippen molar-refractivity contribution in [1.82, 2.24) is 14.8 Å². The number of aromatic nitrogens is 1. The minimum Gasteiger partial charge on any atom is -0.414 e. The fraction of sp³-hybridized carbons (Fsp3) is 0.400. The molecule has 3 rings (SSSR count). The van der Waals surface area contributed by atoms with Crippen LogP contribution in [0.1, 0.15) is 11.1 Å². The lowest BCUT2D eigenvalue weighted by Crippen LogP contribution is -2.49. The van der Waals surface area contributed by atoms with Crippen LogP contribution in [0.25, 0.3) is 11.1 Å². The molecule has 0 saturated carbocycles. The first-order valence-corrected chi connectivity index (χ1v) is 11.4. The maximum absolute atomic E-state index is 13.0. The normalized spacial score (nSPS) is 14.8. The number of anilines is 1. The number of esters is 1. The summed E-state index contributed by atoms with van der Waals surface area (Å²) in [5, 5.41) is 0. The number of hydrogen-bond acceptors (Lipinski definition) is 7. The third-order valence-electron chi connectivity index (χ3n) is 5.87. The molecule has 11 heteroatoms. The molecule has 36 heavy (non-hydrogen) atoms. The number of ether oxygens (including phenoxy) is 1. The minimum atomic E-state index is -5.20. The number of halogens is 3. The van der Waals surface area contributed by atoms with Crippen molar-refractivity contribution < 1.29 is 27.5 Å². The summed E-state index contributed by atoms with van der Waals surface area (Å²) in [7, 11) is 3.36. The Morgan fingerprint density at radius 3 is 2.44 bits per heavy atom. The van der Waals surface area contributed by atoms with E-state index >= 15 is 0 Å². The highest BCUT2D eigenvalue weighted by molar-refractivity contribution is 5.95. The number of alkyl halides is 3. The van der Waals surface area contributed by atoms with E-state index in [1.54, 1.807) is 31.4 Å². The van der Waals surface area contributed by atoms with E-state index < -0.39 is 23.8 Å². The Labute approximate surface area is 208 Å². The summed E-state index contributed by atoms with van der Waals surface area (Å²) in [6, 6.07) is 7.99. The van der Waals surface area contributed by atoms with Gasteiger partial charge < -0.3 is 25.2 Å². The maximum atomic E-state index is 13.0. The van der Waals surface area contributed by atoms with Crippen molar-refractivity contribution in [3.8, 4) is 11.1 Å². The summed E-state index contributed by atoms with van der Waals surface area (Å²) in [6.07, 6.45) is -0.549. The van der Waals surface area contributed by atoms with Crippen molar-refractivity contribution in [3.63, 3.8) is 0 Å². The molecule has 2 aromatic rings. The molecule has 194 valence electrons. The van der Waals surface area contributed by atoms with Crippen LogP contribution < -0.4 is 10.6 Å². The Morgan fingerprint density at radius 1 is 1.17 bits per heavy atom. The van der Waals surface area contributed by atoms with Gasteiger partial charge in [0.15, 0.2) is 5.76 Å². The van der Waals surface area contributed by atoms with Gasteiger partial charge in [0.05, 0.1) is 11.9 Å². The van der Waals surface area contributed by atoms with Crippen molar-refractivity contribution in [2.45, 2.75) is 19.6 Å². The average Bonchev–Trinajstić information content (AvgIpc) is 2.85. The van der Waals surface area contributed by atoms with Crippen LogP contribution in [0.4, 0.5) is 18.9 Å². The number of rotatable bonds is 7. The molecule has 2 heterocycles. The van der Waals surface area contributed by atoms with Crippen LogP contribution in [0, 0.1) is 6.92 Å². The first-order chi connectivity index (χ1) is 17.0. The number of piperazine rings is 1. The van der Waals surface area contributed by atoms with Gasteiger partial charge in [-0.2, -0.15) is 13.2 Å². The van der Waals surface area contributed by atoms with Gasteiger partial charge in [-0.3, -0.25) is 9.78 Å². The zero-order valence-electron chi connectivity index (χ0n) is 20.5. The summed E-state index contributed by atoms with van der Waals surface area (Å²) in [4.78, 5) is 33.7. The summed E-state index contributed by atoms with van der Waals surface area (Å²) < 4.78 is 42.7. The average molecular weight is 506 g/mol. The second-order valence-electron chi connectivity index (χ2n) is 8.74. The number of carbonyl (C=O) groups is 2. The fourth-order valence-electron chi connectivity index (χ4n) is 3.88. The lowest BCUT2D eigenvalue weighted by Gasteiger charge is -2.37. The minimum absolute atomic E-state index is 0.133. The van der Waals surface area contributed by atoms with Gasteiger partial charge in [-0.15, -0.1) is 0 Å². The third kappa shape index (κ3) is 6.61. The molecule has 1 aliphatic rings. The molecule has 0 atom stereocenters. The highest BCUT2D eigenvalue weighted by Crippen LogP contribution is 2.32. The number of benzene rings is 1. The molecule has 8 nitrogen and oxygen atoms in total. The Morgan fingerprint density at radius 2 is 1.86 bits per heavy atom. The molecular formula is C25H30F3N5O3. The molecule has 0 bridgehead atoms. The van der Waals surface area contributed by atoms with Crippen LogP contribution >= 0.6 is 0 Å². The van der Waals surface area contributed by atoms with Crippen molar-refractivity contribution in [2.75, 3.05) is 51.7 Å². The van der Waals surface area contributed by atoms with E-state index in [2.05, 4.69) is 20.7 Å². The molecule has 0 spiro atoms. The molecule has 1 aromatic carbocycles. The van der Waals surface area contributed by atoms with Crippen molar-refractivity contribution in [3.05, 3.63) is 59.6 Å². The topological polar surface area (TPSA) is 92.0 Å². The van der Waals surface area contributed by atoms with E-state index in [1.807, 2.05) is 25.1 Å². The van der Waals surface area contributed by atoms with Gasteiger partial charge in [0, 0.05) is 51.0 Å². The molecule has 1 aromatic heterocycles. The second kappa shape index (κ2) is 11.5. The molecule has 1 amide bonds. The standard InChI is InChI=1S/C25H30F3N5O3/c1-17-14-18(4-5-19(17)15-29)20-6-8-30-16-21(20)32-10-12-33(13-11-32)23(34)22(7-9-31(2)3)36-24(35)25(26,27)28/h4-8,14,16H,9-13,15,29H2,1-3H3/b22-7+. The van der Waals surface area contributed by atoms with Gasteiger partial charge in [-0.1, -0.05) is 18.2 Å². The Hall–Kier alpha value is -3.44. The van der Waals surface area contributed by atoms with Crippen LogP contribution in [-0.4, -0.2) is 79.7 Å². The molecule has 1 aliphatic heterocycles. The summed E-state index contributed by atoms with van der Waals surface area (Å²) in [5.41, 5.74) is 10.8. The van der Waals surface area contributed by atoms with Crippen molar-refractivity contribution >= 4 is 17.6 Å². The lowest BCUT2D eigenvalue weighted by molar-refractivity contribution is -0.196. The van der Waals surface area contributed by atoms with Crippen LogP contribution in [0.15, 0.2) is 48.5 Å². The first-order valence-electron chi connectivity index (χ1n) is 11.4. The van der Waals surface area contributed by atoms with E-state index in [-0.39, 0.29) is 19.6 Å². The van der Waals surface area contributed by atoms with Gasteiger partial charge in [-0.05, 0) is 49.9 Å². The summed E-state index contributed by atoms with van der Waals surface area (Å²) >= 11 is 0. The SMILES string of the molecule is Cc1cc(-c2ccncc2N2CCN(C(=O)/C(=C\CN(C)C)OC(=O)C(F)(F)F)CC2)ccc1CN. The molecule has 0 radical (unpaired) electrons. The monoisotopic (exact) mass is 505 g/mol. The van der Waals surface area contributed by atoms with Gasteiger partial charge in [0.1, 0.15) is 0 Å². The number of aryl methyl sites for hydroxylation is 1. The second-order valence-corrected chi connectivity index (χ2v) is 8.74. The molecule has 2 N–H and O–H groups in total. The molecular weight excluding hydrogens is 475 g/mol. The largest absolute Gasteiger partial charge is 0.491 e. The fourth-order valence-corrected chi connectivity index (χ4v) is 3.88. The van der Waals surface area contributed by atoms with Crippen LogP contribution in [0.5, 0.6) is 0 Å². The maximum Gasteiger partial charge on any atom is 0.491 e. The van der Waals surface area contributed by atoms with Gasteiger partial charge >= 0.3 is 12.1 Å². The van der Waals surface area contributed by atoms with E-state index in [4.69, 9.17) is 5.73 Å². The van der Waals surface area contributed by atoms with Gasteiger partial charge in [0.25, 0.3) is 5.91 Å². The number of pyridine rings is 1. The predicted octanol–water partition coefficient (Wildman–Crippen LogP) is 2.72. The Bertz CT molecular complexity index is 1130. The van der Waals surface area contributed by atoms with E-state index in [0.717, 1.165) is 27.9 Å². The number of nitrogens with two attached hydrogens (primary N) is 1. The lowest BCUT2D eigenvalue weighted by atomic mass is 9.99. The number of carbonyl (C=O) groups excluding carboxylic acids is 2. The van der Waals surface area contributed by atoms with Crippen molar-refractivity contribution in [1.29, 1.82) is 0 Å². The highest BCUT2D eigenvalue weighted by atomic mass is 19.4. The Kier molecular flexibility index (Phi) is 8.70. The van der Waals surface area contributed by atoms with E-state index in [9.17, 15) is 22.8 Å². The molecule has 1 fully saturated rings. The number of amides is 1. The van der Waals surface area contributed by atoms with Crippen LogP contribution in [0.2, 0.25) is 0 Å². The third-order valence-corrected chi connectivity index (χ3v) is 5.87. The number of hydrogen-bond donors (Lipinski definition) is 1. The van der Waals surface area contributed by atoms with Gasteiger partial charge in [-0.25, -0.2) is 4.79 Å². The van der Waals surface area contributed by atoms with E-state index in [1.165, 1.54) is 11.0 Å². The Balaban J connectivity index is 1.75. The number of likely N-dealkylation sites (N-methyl/N-ethyl adjacent to an activating group) is 1.